The second-order valence-corrected chi connectivity index (χ2v) is 3.54. The molecule has 0 aliphatic carbocycles. The van der Waals surface area contributed by atoms with E-state index in [4.69, 9.17) is 10.8 Å². The highest BCUT2D eigenvalue weighted by Gasteiger charge is 2.19. The normalized spacial score (nSPS) is 10.0. The van der Waals surface area contributed by atoms with Gasteiger partial charge in [0.05, 0.1) is 7.11 Å². The van der Waals surface area contributed by atoms with Crippen LogP contribution in [0.5, 0.6) is 0 Å². The van der Waals surface area contributed by atoms with E-state index in [1.165, 1.54) is 7.11 Å². The van der Waals surface area contributed by atoms with Gasteiger partial charge < -0.3 is 20.9 Å². The number of nitrogen functional groups attached to an aromatic ring is 1. The van der Waals surface area contributed by atoms with Crippen LogP contribution in [-0.2, 0) is 4.74 Å². The molecule has 1 aromatic heterocycles. The van der Waals surface area contributed by atoms with E-state index in [2.05, 4.69) is 14.4 Å². The molecule has 0 saturated heterocycles. The number of rotatable bonds is 5. The van der Waals surface area contributed by atoms with Crippen LogP contribution in [0.25, 0.3) is 0 Å². The van der Waals surface area contributed by atoms with E-state index in [1.54, 1.807) is 0 Å². The minimum atomic E-state index is -0.507. The number of hydrogen-bond donors (Lipinski definition) is 3. The number of nitrogens with two attached hydrogens (primary N) is 1. The second kappa shape index (κ2) is 5.52. The number of aromatic nitrogens is 1. The van der Waals surface area contributed by atoms with Gasteiger partial charge in [-0.05, 0) is 18.0 Å². The highest BCUT2D eigenvalue weighted by molar-refractivity contribution is 7.11. The molecular formula is C8H13N3O3S. The standard InChI is InChI=1S/C8H13N3O3S/c1-14-8(13)5-6(9)11-15-7(5)10-3-2-4-12/h10,12H,2-4H2,1H3,(H2,9,11). The molecule has 0 amide bonds. The Morgan fingerprint density at radius 3 is 3.07 bits per heavy atom. The molecular weight excluding hydrogens is 218 g/mol. The summed E-state index contributed by atoms with van der Waals surface area (Å²) in [4.78, 5) is 11.3. The van der Waals surface area contributed by atoms with Gasteiger partial charge in [-0.2, -0.15) is 4.37 Å². The van der Waals surface area contributed by atoms with Gasteiger partial charge >= 0.3 is 5.97 Å². The predicted octanol–water partition coefficient (Wildman–Crippen LogP) is 0.306. The first-order chi connectivity index (χ1) is 7.20. The van der Waals surface area contributed by atoms with Crippen molar-refractivity contribution in [2.45, 2.75) is 6.42 Å². The zero-order valence-electron chi connectivity index (χ0n) is 8.32. The van der Waals surface area contributed by atoms with Crippen molar-refractivity contribution in [2.75, 3.05) is 31.3 Å². The van der Waals surface area contributed by atoms with Crippen molar-refractivity contribution in [1.82, 2.24) is 4.37 Å². The monoisotopic (exact) mass is 231 g/mol. The van der Waals surface area contributed by atoms with E-state index in [0.29, 0.717) is 18.0 Å². The van der Waals surface area contributed by atoms with Crippen molar-refractivity contribution in [2.24, 2.45) is 0 Å². The van der Waals surface area contributed by atoms with E-state index >= 15 is 0 Å². The van der Waals surface area contributed by atoms with E-state index in [-0.39, 0.29) is 18.0 Å². The fraction of sp³-hybridized carbons (Fsp3) is 0.500. The van der Waals surface area contributed by atoms with Gasteiger partial charge in [-0.3, -0.25) is 0 Å². The van der Waals surface area contributed by atoms with Crippen LogP contribution in [0.3, 0.4) is 0 Å². The molecule has 1 aromatic rings. The highest BCUT2D eigenvalue weighted by Crippen LogP contribution is 2.27. The number of aliphatic hydroxyl groups excluding tert-OH is 1. The lowest BCUT2D eigenvalue weighted by atomic mass is 10.3. The lowest BCUT2D eigenvalue weighted by molar-refractivity contribution is 0.0603. The number of ether oxygens (including phenoxy) is 1. The van der Waals surface area contributed by atoms with Gasteiger partial charge in [0.2, 0.25) is 0 Å². The number of nitrogens with one attached hydrogen (secondary N) is 1. The first-order valence-corrected chi connectivity index (χ1v) is 5.16. The van der Waals surface area contributed by atoms with Gasteiger partial charge in [0.1, 0.15) is 10.6 Å². The smallest absolute Gasteiger partial charge is 0.344 e. The van der Waals surface area contributed by atoms with Crippen LogP contribution < -0.4 is 11.1 Å². The van der Waals surface area contributed by atoms with Crippen LogP contribution in [0, 0.1) is 0 Å². The van der Waals surface area contributed by atoms with Crippen LogP contribution >= 0.6 is 11.5 Å². The molecule has 0 atom stereocenters. The van der Waals surface area contributed by atoms with Crippen molar-refractivity contribution < 1.29 is 14.6 Å². The molecule has 84 valence electrons. The van der Waals surface area contributed by atoms with Gasteiger partial charge in [0, 0.05) is 13.2 Å². The molecule has 7 heteroatoms. The summed E-state index contributed by atoms with van der Waals surface area (Å²) in [5, 5.41) is 12.1. The van der Waals surface area contributed by atoms with Crippen LogP contribution in [0.1, 0.15) is 16.8 Å². The van der Waals surface area contributed by atoms with Gasteiger partial charge in [-0.15, -0.1) is 0 Å². The summed E-state index contributed by atoms with van der Waals surface area (Å²) < 4.78 is 8.44. The van der Waals surface area contributed by atoms with Crippen molar-refractivity contribution in [3.63, 3.8) is 0 Å². The third kappa shape index (κ3) is 2.80. The highest BCUT2D eigenvalue weighted by atomic mass is 32.1. The summed E-state index contributed by atoms with van der Waals surface area (Å²) in [6, 6.07) is 0. The van der Waals surface area contributed by atoms with E-state index < -0.39 is 5.97 Å². The third-order valence-corrected chi connectivity index (χ3v) is 2.55. The molecule has 0 aliphatic rings. The number of nitrogens with zero attached hydrogens (tertiary/aromatic N) is 1. The van der Waals surface area contributed by atoms with E-state index in [0.717, 1.165) is 11.5 Å². The molecule has 15 heavy (non-hydrogen) atoms. The van der Waals surface area contributed by atoms with E-state index in [9.17, 15) is 4.79 Å². The fourth-order valence-corrected chi connectivity index (χ4v) is 1.73. The van der Waals surface area contributed by atoms with Crippen LogP contribution in [0.2, 0.25) is 0 Å². The summed E-state index contributed by atoms with van der Waals surface area (Å²) in [6.45, 7) is 0.650. The van der Waals surface area contributed by atoms with Crippen LogP contribution in [-0.4, -0.2) is 35.7 Å². The average Bonchev–Trinajstić information content (AvgIpc) is 2.59. The number of esters is 1. The Morgan fingerprint density at radius 2 is 2.47 bits per heavy atom. The SMILES string of the molecule is COC(=O)c1c(N)nsc1NCCCO. The zero-order chi connectivity index (χ0) is 11.3. The van der Waals surface area contributed by atoms with Crippen molar-refractivity contribution >= 4 is 28.3 Å². The van der Waals surface area contributed by atoms with Gasteiger partial charge in [-0.25, -0.2) is 4.79 Å². The topological polar surface area (TPSA) is 97.5 Å². The first-order valence-electron chi connectivity index (χ1n) is 4.39. The molecule has 0 fully saturated rings. The molecule has 0 spiro atoms. The number of carbonyl (C=O) groups excluding carboxylic acids is 1. The molecule has 6 nitrogen and oxygen atoms in total. The molecule has 0 unspecified atom stereocenters. The Hall–Kier alpha value is -1.34. The largest absolute Gasteiger partial charge is 0.465 e. The summed E-state index contributed by atoms with van der Waals surface area (Å²) in [5.74, 6) is -0.342. The van der Waals surface area contributed by atoms with Gasteiger partial charge in [-0.1, -0.05) is 0 Å². The zero-order valence-corrected chi connectivity index (χ0v) is 9.13. The Balaban J connectivity index is 2.75. The Morgan fingerprint density at radius 1 is 1.73 bits per heavy atom. The molecule has 1 heterocycles. The van der Waals surface area contributed by atoms with Crippen LogP contribution in [0.4, 0.5) is 10.8 Å². The summed E-state index contributed by atoms with van der Waals surface area (Å²) >= 11 is 1.10. The number of aliphatic hydroxyl groups is 1. The lowest BCUT2D eigenvalue weighted by Gasteiger charge is -2.04. The van der Waals surface area contributed by atoms with Crippen LogP contribution in [0.15, 0.2) is 0 Å². The molecule has 0 aliphatic heterocycles. The maximum Gasteiger partial charge on any atom is 0.344 e. The predicted molar refractivity (Wildman–Crippen MR) is 58.1 cm³/mol. The van der Waals surface area contributed by atoms with E-state index in [1.807, 2.05) is 0 Å². The summed E-state index contributed by atoms with van der Waals surface area (Å²) in [5.41, 5.74) is 5.80. The van der Waals surface area contributed by atoms with Gasteiger partial charge in [0.25, 0.3) is 0 Å². The van der Waals surface area contributed by atoms with Crippen molar-refractivity contribution in [1.29, 1.82) is 0 Å². The summed E-state index contributed by atoms with van der Waals surface area (Å²) in [6.07, 6.45) is 0.596. The molecule has 1 rings (SSSR count). The second-order valence-electron chi connectivity index (χ2n) is 2.77. The fourth-order valence-electron chi connectivity index (χ4n) is 1.00. The number of carbonyl (C=O) groups is 1. The molecule has 4 N–H and O–H groups in total. The maximum absolute atomic E-state index is 11.3. The number of hydrogen-bond acceptors (Lipinski definition) is 7. The molecule has 0 saturated carbocycles. The van der Waals surface area contributed by atoms with Gasteiger partial charge in [0.15, 0.2) is 5.82 Å². The molecule has 0 radical (unpaired) electrons. The summed E-state index contributed by atoms with van der Waals surface area (Å²) in [7, 11) is 1.29. The Bertz CT molecular complexity index is 340. The minimum absolute atomic E-state index is 0.0921. The van der Waals surface area contributed by atoms with Crippen molar-refractivity contribution in [3.8, 4) is 0 Å². The average molecular weight is 231 g/mol. The number of methoxy groups -OCH3 is 1. The van der Waals surface area contributed by atoms with Crippen molar-refractivity contribution in [3.05, 3.63) is 5.56 Å². The first kappa shape index (κ1) is 11.7. The molecule has 0 aromatic carbocycles. The molecule has 0 bridgehead atoms. The lowest BCUT2D eigenvalue weighted by Crippen LogP contribution is -2.09. The quantitative estimate of drug-likeness (QED) is 0.498. The number of anilines is 2. The Labute approximate surface area is 91.2 Å². The third-order valence-electron chi connectivity index (χ3n) is 1.73. The Kier molecular flexibility index (Phi) is 4.32. The maximum atomic E-state index is 11.3. The minimum Gasteiger partial charge on any atom is -0.465 e.